The number of halogens is 1. The molecule has 0 aromatic heterocycles. The molecule has 0 saturated heterocycles. The van der Waals surface area contributed by atoms with Crippen LogP contribution in [-0.4, -0.2) is 12.5 Å². The number of nitrogens with two attached hydrogens (primary N) is 1. The molecule has 0 bridgehead atoms. The molecule has 0 aliphatic rings. The minimum absolute atomic E-state index is 0.0443. The van der Waals surface area contributed by atoms with Crippen molar-refractivity contribution >= 4 is 17.3 Å². The molecule has 1 amide bonds. The second kappa shape index (κ2) is 6.06. The highest BCUT2D eigenvalue weighted by molar-refractivity contribution is 5.92. The van der Waals surface area contributed by atoms with E-state index in [4.69, 9.17) is 10.5 Å². The summed E-state index contributed by atoms with van der Waals surface area (Å²) in [5.41, 5.74) is 6.99. The van der Waals surface area contributed by atoms with Crippen molar-refractivity contribution in [1.82, 2.24) is 0 Å². The van der Waals surface area contributed by atoms with E-state index in [9.17, 15) is 9.18 Å². The first-order chi connectivity index (χ1) is 9.54. The van der Waals surface area contributed by atoms with E-state index in [1.807, 2.05) is 25.1 Å². The first kappa shape index (κ1) is 13.9. The quantitative estimate of drug-likeness (QED) is 0.842. The largest absolute Gasteiger partial charge is 0.484 e. The zero-order valence-electron chi connectivity index (χ0n) is 11.0. The van der Waals surface area contributed by atoms with Crippen molar-refractivity contribution in [3.8, 4) is 5.75 Å². The van der Waals surface area contributed by atoms with Crippen LogP contribution in [0.4, 0.5) is 15.8 Å². The van der Waals surface area contributed by atoms with E-state index < -0.39 is 11.7 Å². The van der Waals surface area contributed by atoms with Gasteiger partial charge in [0.15, 0.2) is 6.61 Å². The Bertz CT molecular complexity index is 629. The molecule has 2 aromatic carbocycles. The molecule has 104 valence electrons. The van der Waals surface area contributed by atoms with Crippen LogP contribution in [-0.2, 0) is 4.79 Å². The van der Waals surface area contributed by atoms with Crippen LogP contribution in [0, 0.1) is 12.7 Å². The number of amides is 1. The summed E-state index contributed by atoms with van der Waals surface area (Å²) in [4.78, 5) is 11.7. The Kier molecular flexibility index (Phi) is 4.20. The number of rotatable bonds is 4. The highest BCUT2D eigenvalue weighted by Crippen LogP contribution is 2.17. The molecule has 4 nitrogen and oxygen atoms in total. The number of aryl methyl sites for hydroxylation is 1. The number of hydrogen-bond acceptors (Lipinski definition) is 3. The van der Waals surface area contributed by atoms with Gasteiger partial charge in [-0.3, -0.25) is 4.79 Å². The second-order valence-corrected chi connectivity index (χ2v) is 4.39. The molecule has 0 fully saturated rings. The molecule has 0 unspecified atom stereocenters. The van der Waals surface area contributed by atoms with E-state index in [1.165, 1.54) is 18.2 Å². The summed E-state index contributed by atoms with van der Waals surface area (Å²) >= 11 is 0. The van der Waals surface area contributed by atoms with Crippen molar-refractivity contribution in [2.45, 2.75) is 6.92 Å². The standard InChI is InChI=1S/C15H15FN2O2/c1-10-3-2-4-12(7-10)20-9-15(19)18-14-8-11(17)5-6-13(14)16/h2-8H,9,17H2,1H3,(H,18,19). The predicted octanol–water partition coefficient (Wildman–Crippen LogP) is 2.73. The molecule has 0 aliphatic heterocycles. The van der Waals surface area contributed by atoms with Crippen molar-refractivity contribution in [2.24, 2.45) is 0 Å². The summed E-state index contributed by atoms with van der Waals surface area (Å²) < 4.78 is 18.8. The number of carbonyl (C=O) groups excluding carboxylic acids is 1. The van der Waals surface area contributed by atoms with E-state index in [-0.39, 0.29) is 12.3 Å². The van der Waals surface area contributed by atoms with Crippen molar-refractivity contribution in [3.05, 3.63) is 53.8 Å². The van der Waals surface area contributed by atoms with Gasteiger partial charge in [0.05, 0.1) is 5.69 Å². The second-order valence-electron chi connectivity index (χ2n) is 4.39. The molecule has 0 radical (unpaired) electrons. The Morgan fingerprint density at radius 3 is 2.85 bits per heavy atom. The van der Waals surface area contributed by atoms with Gasteiger partial charge in [0, 0.05) is 5.69 Å². The van der Waals surface area contributed by atoms with Crippen LogP contribution in [0.3, 0.4) is 0 Å². The Balaban J connectivity index is 1.94. The molecule has 0 spiro atoms. The van der Waals surface area contributed by atoms with Gasteiger partial charge >= 0.3 is 0 Å². The van der Waals surface area contributed by atoms with Crippen LogP contribution in [0.1, 0.15) is 5.56 Å². The fourth-order valence-electron chi connectivity index (χ4n) is 1.68. The maximum atomic E-state index is 13.4. The molecule has 0 aliphatic carbocycles. The number of carbonyl (C=O) groups is 1. The number of ether oxygens (including phenoxy) is 1. The van der Waals surface area contributed by atoms with Gasteiger partial charge in [0.25, 0.3) is 5.91 Å². The minimum atomic E-state index is -0.539. The summed E-state index contributed by atoms with van der Waals surface area (Å²) in [5.74, 6) is -0.396. The van der Waals surface area contributed by atoms with E-state index in [2.05, 4.69) is 5.32 Å². The molecular weight excluding hydrogens is 259 g/mol. The smallest absolute Gasteiger partial charge is 0.262 e. The molecule has 2 rings (SSSR count). The summed E-state index contributed by atoms with van der Waals surface area (Å²) in [5, 5.41) is 2.42. The van der Waals surface area contributed by atoms with Gasteiger partial charge < -0.3 is 15.8 Å². The summed E-state index contributed by atoms with van der Waals surface area (Å²) in [6.45, 7) is 1.73. The van der Waals surface area contributed by atoms with Crippen molar-refractivity contribution in [1.29, 1.82) is 0 Å². The van der Waals surface area contributed by atoms with Crippen LogP contribution < -0.4 is 15.8 Å². The highest BCUT2D eigenvalue weighted by atomic mass is 19.1. The van der Waals surface area contributed by atoms with Gasteiger partial charge in [-0.05, 0) is 42.8 Å². The number of benzene rings is 2. The molecule has 0 heterocycles. The van der Waals surface area contributed by atoms with Gasteiger partial charge in [-0.15, -0.1) is 0 Å². The number of anilines is 2. The topological polar surface area (TPSA) is 64.3 Å². The highest BCUT2D eigenvalue weighted by Gasteiger charge is 2.08. The maximum Gasteiger partial charge on any atom is 0.262 e. The maximum absolute atomic E-state index is 13.4. The minimum Gasteiger partial charge on any atom is -0.484 e. The third-order valence-corrected chi connectivity index (χ3v) is 2.62. The van der Waals surface area contributed by atoms with E-state index in [0.717, 1.165) is 5.56 Å². The van der Waals surface area contributed by atoms with Crippen LogP contribution in [0.15, 0.2) is 42.5 Å². The lowest BCUT2D eigenvalue weighted by Gasteiger charge is -2.09. The number of nitrogens with one attached hydrogen (secondary N) is 1. The predicted molar refractivity (Wildman–Crippen MR) is 76.1 cm³/mol. The van der Waals surface area contributed by atoms with Gasteiger partial charge in [-0.25, -0.2) is 4.39 Å². The average molecular weight is 274 g/mol. The van der Waals surface area contributed by atoms with Gasteiger partial charge in [-0.1, -0.05) is 12.1 Å². The number of nitrogen functional groups attached to an aromatic ring is 1. The van der Waals surface area contributed by atoms with E-state index >= 15 is 0 Å². The summed E-state index contributed by atoms with van der Waals surface area (Å²) in [7, 11) is 0. The summed E-state index contributed by atoms with van der Waals surface area (Å²) in [6.07, 6.45) is 0. The first-order valence-corrected chi connectivity index (χ1v) is 6.09. The number of hydrogen-bond donors (Lipinski definition) is 2. The molecule has 2 aromatic rings. The Morgan fingerprint density at radius 1 is 1.30 bits per heavy atom. The van der Waals surface area contributed by atoms with Gasteiger partial charge in [-0.2, -0.15) is 0 Å². The Labute approximate surface area is 116 Å². The van der Waals surface area contributed by atoms with Gasteiger partial charge in [0.1, 0.15) is 11.6 Å². The van der Waals surface area contributed by atoms with Crippen molar-refractivity contribution in [2.75, 3.05) is 17.7 Å². The van der Waals surface area contributed by atoms with Gasteiger partial charge in [0.2, 0.25) is 0 Å². The Morgan fingerprint density at radius 2 is 2.10 bits per heavy atom. The van der Waals surface area contributed by atoms with E-state index in [0.29, 0.717) is 11.4 Å². The van der Waals surface area contributed by atoms with Crippen molar-refractivity contribution in [3.63, 3.8) is 0 Å². The first-order valence-electron chi connectivity index (χ1n) is 6.09. The lowest BCUT2D eigenvalue weighted by Crippen LogP contribution is -2.20. The monoisotopic (exact) mass is 274 g/mol. The van der Waals surface area contributed by atoms with Crippen LogP contribution in [0.2, 0.25) is 0 Å². The fraction of sp³-hybridized carbons (Fsp3) is 0.133. The molecular formula is C15H15FN2O2. The van der Waals surface area contributed by atoms with Crippen LogP contribution in [0.5, 0.6) is 5.75 Å². The Hall–Kier alpha value is -2.56. The molecule has 20 heavy (non-hydrogen) atoms. The van der Waals surface area contributed by atoms with Crippen molar-refractivity contribution < 1.29 is 13.9 Å². The van der Waals surface area contributed by atoms with Crippen LogP contribution >= 0.6 is 0 Å². The lowest BCUT2D eigenvalue weighted by molar-refractivity contribution is -0.118. The van der Waals surface area contributed by atoms with E-state index in [1.54, 1.807) is 6.07 Å². The van der Waals surface area contributed by atoms with Crippen LogP contribution in [0.25, 0.3) is 0 Å². The summed E-state index contributed by atoms with van der Waals surface area (Å²) in [6, 6.07) is 11.3. The average Bonchev–Trinajstić information content (AvgIpc) is 2.41. The molecule has 3 N–H and O–H groups in total. The normalized spacial score (nSPS) is 10.1. The fourth-order valence-corrected chi connectivity index (χ4v) is 1.68. The molecule has 0 atom stereocenters. The zero-order valence-corrected chi connectivity index (χ0v) is 11.0. The third kappa shape index (κ3) is 3.71. The molecule has 5 heteroatoms. The lowest BCUT2D eigenvalue weighted by atomic mass is 10.2. The molecule has 0 saturated carbocycles. The third-order valence-electron chi connectivity index (χ3n) is 2.62. The SMILES string of the molecule is Cc1cccc(OCC(=O)Nc2cc(N)ccc2F)c1. The zero-order chi connectivity index (χ0) is 14.5.